The van der Waals surface area contributed by atoms with Gasteiger partial charge in [-0.15, -0.1) is 0 Å². The first kappa shape index (κ1) is 8.79. The standard InChI is InChI=1S/C11H17NO/c1-2-4-11(13)12-9-5-3-6-10(12)8-7-9/h2,4,9-10H,3,5-8H2,1H3/b4-2+. The summed E-state index contributed by atoms with van der Waals surface area (Å²) < 4.78 is 0. The van der Waals surface area contributed by atoms with Crippen molar-refractivity contribution in [3.63, 3.8) is 0 Å². The highest BCUT2D eigenvalue weighted by molar-refractivity contribution is 5.88. The largest absolute Gasteiger partial charge is 0.333 e. The molecule has 0 aromatic rings. The van der Waals surface area contributed by atoms with Gasteiger partial charge in [0.25, 0.3) is 0 Å². The summed E-state index contributed by atoms with van der Waals surface area (Å²) in [4.78, 5) is 13.8. The maximum atomic E-state index is 11.7. The fraction of sp³-hybridized carbons (Fsp3) is 0.727. The number of allylic oxidation sites excluding steroid dienone is 1. The summed E-state index contributed by atoms with van der Waals surface area (Å²) in [5, 5.41) is 0. The van der Waals surface area contributed by atoms with Crippen molar-refractivity contribution in [2.45, 2.75) is 51.1 Å². The summed E-state index contributed by atoms with van der Waals surface area (Å²) in [7, 11) is 0. The molecular formula is C11H17NO. The fourth-order valence-corrected chi connectivity index (χ4v) is 2.71. The van der Waals surface area contributed by atoms with Gasteiger partial charge in [-0.05, 0) is 45.1 Å². The Hall–Kier alpha value is -0.790. The Kier molecular flexibility index (Phi) is 2.38. The third-order valence-corrected chi connectivity index (χ3v) is 3.26. The van der Waals surface area contributed by atoms with Crippen LogP contribution in [0.25, 0.3) is 0 Å². The van der Waals surface area contributed by atoms with E-state index in [1.165, 1.54) is 32.1 Å². The van der Waals surface area contributed by atoms with Crippen LogP contribution in [-0.4, -0.2) is 22.9 Å². The summed E-state index contributed by atoms with van der Waals surface area (Å²) >= 11 is 0. The van der Waals surface area contributed by atoms with Crippen molar-refractivity contribution in [3.05, 3.63) is 12.2 Å². The summed E-state index contributed by atoms with van der Waals surface area (Å²) in [5.41, 5.74) is 0. The van der Waals surface area contributed by atoms with E-state index in [-0.39, 0.29) is 5.91 Å². The molecule has 0 aromatic heterocycles. The Morgan fingerprint density at radius 1 is 1.23 bits per heavy atom. The zero-order valence-corrected chi connectivity index (χ0v) is 8.20. The van der Waals surface area contributed by atoms with Crippen LogP contribution in [0.3, 0.4) is 0 Å². The molecule has 0 N–H and O–H groups in total. The predicted octanol–water partition coefficient (Wildman–Crippen LogP) is 2.11. The van der Waals surface area contributed by atoms with Gasteiger partial charge in [-0.25, -0.2) is 0 Å². The average Bonchev–Trinajstić information content (AvgIpc) is 2.37. The maximum absolute atomic E-state index is 11.7. The van der Waals surface area contributed by atoms with Crippen molar-refractivity contribution in [2.75, 3.05) is 0 Å². The van der Waals surface area contributed by atoms with Gasteiger partial charge in [-0.2, -0.15) is 0 Å². The number of hydrogen-bond donors (Lipinski definition) is 0. The number of rotatable bonds is 1. The van der Waals surface area contributed by atoms with Crippen LogP contribution < -0.4 is 0 Å². The Labute approximate surface area is 79.6 Å². The van der Waals surface area contributed by atoms with Crippen LogP contribution in [0.2, 0.25) is 0 Å². The van der Waals surface area contributed by atoms with E-state index in [2.05, 4.69) is 4.90 Å². The molecule has 2 atom stereocenters. The lowest BCUT2D eigenvalue weighted by atomic mass is 10.0. The smallest absolute Gasteiger partial charge is 0.246 e. The van der Waals surface area contributed by atoms with E-state index in [1.807, 2.05) is 13.0 Å². The number of piperidine rings is 1. The van der Waals surface area contributed by atoms with Gasteiger partial charge in [0, 0.05) is 12.1 Å². The molecule has 72 valence electrons. The van der Waals surface area contributed by atoms with Crippen molar-refractivity contribution in [1.29, 1.82) is 0 Å². The molecular weight excluding hydrogens is 162 g/mol. The second kappa shape index (κ2) is 3.52. The summed E-state index contributed by atoms with van der Waals surface area (Å²) in [6.07, 6.45) is 9.77. The van der Waals surface area contributed by atoms with Crippen molar-refractivity contribution in [1.82, 2.24) is 4.90 Å². The molecule has 2 aliphatic rings. The van der Waals surface area contributed by atoms with Crippen LogP contribution in [0.15, 0.2) is 12.2 Å². The van der Waals surface area contributed by atoms with Crippen molar-refractivity contribution >= 4 is 5.91 Å². The lowest BCUT2D eigenvalue weighted by Gasteiger charge is -2.33. The molecule has 2 rings (SSSR count). The zero-order chi connectivity index (χ0) is 9.26. The first-order valence-electron chi connectivity index (χ1n) is 5.28. The first-order chi connectivity index (χ1) is 6.33. The number of hydrogen-bond acceptors (Lipinski definition) is 1. The average molecular weight is 179 g/mol. The molecule has 2 bridgehead atoms. The lowest BCUT2D eigenvalue weighted by molar-refractivity contribution is -0.130. The molecule has 13 heavy (non-hydrogen) atoms. The minimum Gasteiger partial charge on any atom is -0.333 e. The van der Waals surface area contributed by atoms with E-state index in [0.29, 0.717) is 12.1 Å². The topological polar surface area (TPSA) is 20.3 Å². The normalized spacial score (nSPS) is 32.8. The molecule has 0 saturated carbocycles. The van der Waals surface area contributed by atoms with Crippen molar-refractivity contribution < 1.29 is 4.79 Å². The Balaban J connectivity index is 2.10. The van der Waals surface area contributed by atoms with Gasteiger partial charge >= 0.3 is 0 Å². The third kappa shape index (κ3) is 1.50. The van der Waals surface area contributed by atoms with E-state index >= 15 is 0 Å². The second-order valence-electron chi connectivity index (χ2n) is 4.06. The van der Waals surface area contributed by atoms with Crippen LogP contribution in [-0.2, 0) is 4.79 Å². The third-order valence-electron chi connectivity index (χ3n) is 3.26. The molecule has 2 unspecified atom stereocenters. The highest BCUT2D eigenvalue weighted by Crippen LogP contribution is 2.35. The van der Waals surface area contributed by atoms with Crippen LogP contribution in [0, 0.1) is 0 Å². The number of amides is 1. The quantitative estimate of drug-likeness (QED) is 0.564. The van der Waals surface area contributed by atoms with Crippen LogP contribution in [0.4, 0.5) is 0 Å². The summed E-state index contributed by atoms with van der Waals surface area (Å²) in [5.74, 6) is 0.231. The SMILES string of the molecule is C/C=C/C(=O)N1C2CCCC1CC2. The molecule has 1 amide bonds. The minimum absolute atomic E-state index is 0.231. The number of fused-ring (bicyclic) bond motifs is 2. The summed E-state index contributed by atoms with van der Waals surface area (Å²) in [6, 6.07) is 1.12. The Morgan fingerprint density at radius 3 is 2.38 bits per heavy atom. The molecule has 2 heteroatoms. The number of carbonyl (C=O) groups excluding carboxylic acids is 1. The van der Waals surface area contributed by atoms with Gasteiger partial charge in [0.05, 0.1) is 0 Å². The molecule has 2 fully saturated rings. The van der Waals surface area contributed by atoms with E-state index in [1.54, 1.807) is 6.08 Å². The van der Waals surface area contributed by atoms with Gasteiger partial charge in [0.1, 0.15) is 0 Å². The van der Waals surface area contributed by atoms with Crippen molar-refractivity contribution in [2.24, 2.45) is 0 Å². The van der Waals surface area contributed by atoms with Gasteiger partial charge in [0.2, 0.25) is 5.91 Å². The highest BCUT2D eigenvalue weighted by atomic mass is 16.2. The molecule has 0 radical (unpaired) electrons. The number of nitrogens with zero attached hydrogens (tertiary/aromatic N) is 1. The lowest BCUT2D eigenvalue weighted by Crippen LogP contribution is -2.43. The molecule has 2 saturated heterocycles. The van der Waals surface area contributed by atoms with Crippen LogP contribution >= 0.6 is 0 Å². The Bertz CT molecular complexity index is 218. The Morgan fingerprint density at radius 2 is 1.85 bits per heavy atom. The second-order valence-corrected chi connectivity index (χ2v) is 4.06. The minimum atomic E-state index is 0.231. The van der Waals surface area contributed by atoms with Crippen molar-refractivity contribution in [3.8, 4) is 0 Å². The molecule has 0 spiro atoms. The van der Waals surface area contributed by atoms with E-state index < -0.39 is 0 Å². The zero-order valence-electron chi connectivity index (χ0n) is 8.20. The van der Waals surface area contributed by atoms with Crippen LogP contribution in [0.1, 0.15) is 39.0 Å². The predicted molar refractivity (Wildman–Crippen MR) is 52.3 cm³/mol. The molecule has 0 aromatic carbocycles. The van der Waals surface area contributed by atoms with Gasteiger partial charge in [0.15, 0.2) is 0 Å². The van der Waals surface area contributed by atoms with Gasteiger partial charge < -0.3 is 4.90 Å². The number of carbonyl (C=O) groups is 1. The molecule has 2 heterocycles. The highest BCUT2D eigenvalue weighted by Gasteiger charge is 2.38. The maximum Gasteiger partial charge on any atom is 0.246 e. The van der Waals surface area contributed by atoms with E-state index in [4.69, 9.17) is 0 Å². The molecule has 2 nitrogen and oxygen atoms in total. The van der Waals surface area contributed by atoms with Gasteiger partial charge in [-0.1, -0.05) is 6.08 Å². The molecule has 2 aliphatic heterocycles. The first-order valence-corrected chi connectivity index (χ1v) is 5.28. The fourth-order valence-electron chi connectivity index (χ4n) is 2.71. The van der Waals surface area contributed by atoms with E-state index in [0.717, 1.165) is 0 Å². The van der Waals surface area contributed by atoms with Crippen LogP contribution in [0.5, 0.6) is 0 Å². The molecule has 0 aliphatic carbocycles. The van der Waals surface area contributed by atoms with Gasteiger partial charge in [-0.3, -0.25) is 4.79 Å². The monoisotopic (exact) mass is 179 g/mol. The van der Waals surface area contributed by atoms with E-state index in [9.17, 15) is 4.79 Å². The summed E-state index contributed by atoms with van der Waals surface area (Å²) in [6.45, 7) is 1.91.